The lowest BCUT2D eigenvalue weighted by molar-refractivity contribution is -0.0332. The molecule has 1 N–H and O–H groups in total. The van der Waals surface area contributed by atoms with Crippen LogP contribution in [0.3, 0.4) is 0 Å². The first-order chi connectivity index (χ1) is 12.1. The van der Waals surface area contributed by atoms with Gasteiger partial charge in [0.2, 0.25) is 0 Å². The number of hydrogen-bond acceptors (Lipinski definition) is 4. The molecule has 0 unspecified atom stereocenters. The van der Waals surface area contributed by atoms with Crippen molar-refractivity contribution in [2.24, 2.45) is 0 Å². The molecule has 0 amide bonds. The van der Waals surface area contributed by atoms with Gasteiger partial charge in [-0.1, -0.05) is 23.7 Å². The van der Waals surface area contributed by atoms with Gasteiger partial charge < -0.3 is 4.74 Å². The van der Waals surface area contributed by atoms with Gasteiger partial charge in [-0.25, -0.2) is 9.50 Å². The van der Waals surface area contributed by atoms with Gasteiger partial charge in [-0.05, 0) is 24.6 Å². The van der Waals surface area contributed by atoms with Gasteiger partial charge in [-0.2, -0.15) is 0 Å². The summed E-state index contributed by atoms with van der Waals surface area (Å²) in [6, 6.07) is 11.2. The summed E-state index contributed by atoms with van der Waals surface area (Å²) < 4.78 is 7.36. The molecule has 2 aromatic heterocycles. The van der Waals surface area contributed by atoms with E-state index in [9.17, 15) is 4.79 Å². The zero-order chi connectivity index (χ0) is 17.4. The fourth-order valence-corrected chi connectivity index (χ4v) is 3.32. The maximum absolute atomic E-state index is 12.2. The molecular weight excluding hydrogens is 340 g/mol. The first-order valence-corrected chi connectivity index (χ1v) is 8.64. The van der Waals surface area contributed by atoms with Crippen molar-refractivity contribution in [1.82, 2.24) is 19.5 Å². The minimum Gasteiger partial charge on any atom is -0.371 e. The zero-order valence-corrected chi connectivity index (χ0v) is 14.7. The van der Waals surface area contributed by atoms with Crippen LogP contribution in [0, 0.1) is 6.92 Å². The molecule has 0 aliphatic carbocycles. The topological polar surface area (TPSA) is 62.6 Å². The van der Waals surface area contributed by atoms with E-state index in [1.165, 1.54) is 4.52 Å². The number of aryl methyl sites for hydroxylation is 1. The molecule has 1 saturated heterocycles. The minimum atomic E-state index is -0.0874. The number of morpholine rings is 1. The van der Waals surface area contributed by atoms with E-state index in [0.717, 1.165) is 35.1 Å². The monoisotopic (exact) mass is 358 g/mol. The van der Waals surface area contributed by atoms with Gasteiger partial charge in [0, 0.05) is 42.5 Å². The van der Waals surface area contributed by atoms with Crippen molar-refractivity contribution in [2.45, 2.75) is 19.6 Å². The number of nitrogens with zero attached hydrogens (tertiary/aromatic N) is 3. The van der Waals surface area contributed by atoms with E-state index in [1.807, 2.05) is 37.3 Å². The Hall–Kier alpha value is -2.15. The number of aromatic nitrogens is 3. The van der Waals surface area contributed by atoms with E-state index in [2.05, 4.69) is 15.0 Å². The molecule has 3 heterocycles. The van der Waals surface area contributed by atoms with E-state index in [1.54, 1.807) is 6.07 Å². The number of rotatable bonds is 3. The third-order valence-corrected chi connectivity index (χ3v) is 4.66. The summed E-state index contributed by atoms with van der Waals surface area (Å²) in [5.74, 6) is 0. The lowest BCUT2D eigenvalue weighted by Gasteiger charge is -2.32. The second-order valence-electron chi connectivity index (χ2n) is 6.36. The SMILES string of the molecule is Cc1cc2nc(CN3CCO[C@@H](c4ccc(Cl)cc4)C3)cc(=O)n2[nH]1. The van der Waals surface area contributed by atoms with Gasteiger partial charge in [0.15, 0.2) is 5.65 Å². The smallest absolute Gasteiger partial charge is 0.272 e. The second-order valence-corrected chi connectivity index (χ2v) is 6.80. The molecular formula is C18H19ClN4O2. The minimum absolute atomic E-state index is 0.00495. The van der Waals surface area contributed by atoms with E-state index >= 15 is 0 Å². The van der Waals surface area contributed by atoms with Crippen molar-refractivity contribution in [1.29, 1.82) is 0 Å². The lowest BCUT2D eigenvalue weighted by atomic mass is 10.1. The predicted octanol–water partition coefficient (Wildman–Crippen LogP) is 2.56. The first-order valence-electron chi connectivity index (χ1n) is 8.26. The fraction of sp³-hybridized carbons (Fsp3) is 0.333. The van der Waals surface area contributed by atoms with Crippen LogP contribution in [0.2, 0.25) is 5.02 Å². The summed E-state index contributed by atoms with van der Waals surface area (Å²) in [5, 5.41) is 3.71. The number of aromatic amines is 1. The average molecular weight is 359 g/mol. The number of benzene rings is 1. The van der Waals surface area contributed by atoms with Crippen LogP contribution in [-0.2, 0) is 11.3 Å². The van der Waals surface area contributed by atoms with Gasteiger partial charge in [-0.3, -0.25) is 14.8 Å². The summed E-state index contributed by atoms with van der Waals surface area (Å²) >= 11 is 5.96. The van der Waals surface area contributed by atoms with Gasteiger partial charge in [0.05, 0.1) is 18.4 Å². The Morgan fingerprint density at radius 2 is 2.12 bits per heavy atom. The molecule has 0 saturated carbocycles. The molecule has 130 valence electrons. The van der Waals surface area contributed by atoms with Crippen molar-refractivity contribution in [3.05, 3.63) is 68.7 Å². The summed E-state index contributed by atoms with van der Waals surface area (Å²) in [4.78, 5) is 19.1. The fourth-order valence-electron chi connectivity index (χ4n) is 3.20. The Bertz CT molecular complexity index is 948. The van der Waals surface area contributed by atoms with Crippen LogP contribution < -0.4 is 5.56 Å². The van der Waals surface area contributed by atoms with Crippen molar-refractivity contribution < 1.29 is 4.74 Å². The second kappa shape index (κ2) is 6.63. The quantitative estimate of drug-likeness (QED) is 0.781. The molecule has 25 heavy (non-hydrogen) atoms. The summed E-state index contributed by atoms with van der Waals surface area (Å²) in [5.41, 5.74) is 3.37. The van der Waals surface area contributed by atoms with Gasteiger partial charge in [0.1, 0.15) is 0 Å². The van der Waals surface area contributed by atoms with Crippen molar-refractivity contribution >= 4 is 17.2 Å². The maximum Gasteiger partial charge on any atom is 0.272 e. The number of ether oxygens (including phenoxy) is 1. The molecule has 0 spiro atoms. The Labute approximate surface area is 150 Å². The molecule has 6 nitrogen and oxygen atoms in total. The first kappa shape index (κ1) is 16.3. The highest BCUT2D eigenvalue weighted by Gasteiger charge is 2.22. The Morgan fingerprint density at radius 1 is 1.32 bits per heavy atom. The van der Waals surface area contributed by atoms with E-state index < -0.39 is 0 Å². The van der Waals surface area contributed by atoms with Crippen LogP contribution in [0.4, 0.5) is 0 Å². The summed E-state index contributed by atoms with van der Waals surface area (Å²) in [6.07, 6.45) is 0.00495. The third kappa shape index (κ3) is 3.46. The van der Waals surface area contributed by atoms with Gasteiger partial charge in [0.25, 0.3) is 5.56 Å². The maximum atomic E-state index is 12.2. The highest BCUT2D eigenvalue weighted by atomic mass is 35.5. The average Bonchev–Trinajstić information content (AvgIpc) is 2.97. The number of hydrogen-bond donors (Lipinski definition) is 1. The van der Waals surface area contributed by atoms with Crippen LogP contribution in [0.1, 0.15) is 23.1 Å². The standard InChI is InChI=1S/C18H19ClN4O2/c1-12-8-17-20-15(9-18(24)23(17)21-12)10-22-6-7-25-16(11-22)13-2-4-14(19)5-3-13/h2-5,8-9,16,21H,6-7,10-11H2,1H3/t16-/m1/s1. The molecule has 0 bridgehead atoms. The zero-order valence-electron chi connectivity index (χ0n) is 13.9. The largest absolute Gasteiger partial charge is 0.371 e. The number of nitrogens with one attached hydrogen (secondary N) is 1. The van der Waals surface area contributed by atoms with Gasteiger partial charge in [-0.15, -0.1) is 0 Å². The summed E-state index contributed by atoms with van der Waals surface area (Å²) in [7, 11) is 0. The lowest BCUT2D eigenvalue weighted by Crippen LogP contribution is -2.38. The Balaban J connectivity index is 1.52. The van der Waals surface area contributed by atoms with Crippen LogP contribution in [0.25, 0.3) is 5.65 Å². The normalized spacial score (nSPS) is 18.7. The van der Waals surface area contributed by atoms with E-state index in [0.29, 0.717) is 18.8 Å². The number of fused-ring (bicyclic) bond motifs is 1. The molecule has 4 rings (SSSR count). The Kier molecular flexibility index (Phi) is 4.33. The van der Waals surface area contributed by atoms with Crippen molar-refractivity contribution in [3.8, 4) is 0 Å². The highest BCUT2D eigenvalue weighted by molar-refractivity contribution is 6.30. The Morgan fingerprint density at radius 3 is 2.92 bits per heavy atom. The third-order valence-electron chi connectivity index (χ3n) is 4.41. The molecule has 1 aromatic carbocycles. The molecule has 1 fully saturated rings. The van der Waals surface area contributed by atoms with Crippen molar-refractivity contribution in [2.75, 3.05) is 19.7 Å². The number of H-pyrrole nitrogens is 1. The molecule has 1 atom stereocenters. The summed E-state index contributed by atoms with van der Waals surface area (Å²) in [6.45, 7) is 4.76. The molecule has 3 aromatic rings. The van der Waals surface area contributed by atoms with Crippen LogP contribution in [-0.4, -0.2) is 39.2 Å². The van der Waals surface area contributed by atoms with Crippen LogP contribution in [0.5, 0.6) is 0 Å². The highest BCUT2D eigenvalue weighted by Crippen LogP contribution is 2.24. The van der Waals surface area contributed by atoms with Crippen molar-refractivity contribution in [3.63, 3.8) is 0 Å². The van der Waals surface area contributed by atoms with E-state index in [4.69, 9.17) is 16.3 Å². The molecule has 1 aliphatic heterocycles. The van der Waals surface area contributed by atoms with Gasteiger partial charge >= 0.3 is 0 Å². The predicted molar refractivity (Wildman–Crippen MR) is 96.0 cm³/mol. The molecule has 1 aliphatic rings. The number of halogens is 1. The molecule has 0 radical (unpaired) electrons. The van der Waals surface area contributed by atoms with E-state index in [-0.39, 0.29) is 11.7 Å². The van der Waals surface area contributed by atoms with Crippen LogP contribution >= 0.6 is 11.6 Å². The van der Waals surface area contributed by atoms with Crippen LogP contribution in [0.15, 0.2) is 41.2 Å². The molecule has 7 heteroatoms.